The molecule has 2 aliphatic rings. The molecule has 6 heteroatoms. The molecule has 2 saturated heterocycles. The third-order valence-corrected chi connectivity index (χ3v) is 6.42. The first-order valence-corrected chi connectivity index (χ1v) is 8.45. The molecule has 2 unspecified atom stereocenters. The summed E-state index contributed by atoms with van der Waals surface area (Å²) in [5.74, 6) is 1.54. The minimum atomic E-state index is -2.90. The molecule has 16 heavy (non-hydrogen) atoms. The van der Waals surface area contributed by atoms with E-state index in [4.69, 9.17) is 0 Å². The van der Waals surface area contributed by atoms with Crippen LogP contribution in [0.25, 0.3) is 0 Å². The highest BCUT2D eigenvalue weighted by Gasteiger charge is 2.35. The van der Waals surface area contributed by atoms with E-state index in [2.05, 4.69) is 0 Å². The molecule has 0 N–H and O–H groups in total. The van der Waals surface area contributed by atoms with Crippen LogP contribution in [0, 0.1) is 0 Å². The van der Waals surface area contributed by atoms with Crippen molar-refractivity contribution in [2.45, 2.75) is 30.6 Å². The maximum Gasteiger partial charge on any atom is 0.235 e. The molecular formula is C10H17NO3S2. The third-order valence-electron chi connectivity index (χ3n) is 3.31. The molecule has 0 aliphatic carbocycles. The molecule has 0 saturated carbocycles. The molecule has 2 aliphatic heterocycles. The Hall–Kier alpha value is -0.230. The summed E-state index contributed by atoms with van der Waals surface area (Å²) in [7, 11) is -1.16. The van der Waals surface area contributed by atoms with E-state index < -0.39 is 9.84 Å². The summed E-state index contributed by atoms with van der Waals surface area (Å²) < 4.78 is 22.7. The Morgan fingerprint density at radius 3 is 2.62 bits per heavy atom. The fourth-order valence-electron chi connectivity index (χ4n) is 2.26. The van der Waals surface area contributed by atoms with E-state index in [0.29, 0.717) is 6.42 Å². The standard InChI is InChI=1S/C10H17NO3S2/c1-11(8-4-6-16(13,14)7-8)10(12)9-3-2-5-15-9/h8-9H,2-7H2,1H3. The summed E-state index contributed by atoms with van der Waals surface area (Å²) in [6.45, 7) is 0. The van der Waals surface area contributed by atoms with Gasteiger partial charge in [0, 0.05) is 13.1 Å². The summed E-state index contributed by atoms with van der Waals surface area (Å²) in [5, 5.41) is 0.0632. The first kappa shape index (κ1) is 12.2. The summed E-state index contributed by atoms with van der Waals surface area (Å²) in [5.41, 5.74) is 0. The van der Waals surface area contributed by atoms with Gasteiger partial charge in [-0.2, -0.15) is 0 Å². The number of carbonyl (C=O) groups is 1. The normalized spacial score (nSPS) is 32.8. The first-order chi connectivity index (χ1) is 7.49. The number of rotatable bonds is 2. The Kier molecular flexibility index (Phi) is 3.49. The summed E-state index contributed by atoms with van der Waals surface area (Å²) in [6, 6.07) is -0.0984. The number of nitrogens with zero attached hydrogens (tertiary/aromatic N) is 1. The van der Waals surface area contributed by atoms with Gasteiger partial charge in [0.25, 0.3) is 0 Å². The second-order valence-electron chi connectivity index (χ2n) is 4.51. The SMILES string of the molecule is CN(C(=O)C1CCCS1)C1CCS(=O)(=O)C1. The molecule has 0 aromatic heterocycles. The lowest BCUT2D eigenvalue weighted by Crippen LogP contribution is -2.41. The van der Waals surface area contributed by atoms with Crippen molar-refractivity contribution in [2.75, 3.05) is 24.3 Å². The van der Waals surface area contributed by atoms with Crippen molar-refractivity contribution in [3.8, 4) is 0 Å². The smallest absolute Gasteiger partial charge is 0.235 e. The molecule has 2 atom stereocenters. The summed E-state index contributed by atoms with van der Waals surface area (Å²) >= 11 is 1.70. The lowest BCUT2D eigenvalue weighted by atomic mass is 10.2. The fourth-order valence-corrected chi connectivity index (χ4v) is 5.29. The van der Waals surface area contributed by atoms with Gasteiger partial charge >= 0.3 is 0 Å². The van der Waals surface area contributed by atoms with Gasteiger partial charge in [0.1, 0.15) is 0 Å². The van der Waals surface area contributed by atoms with Crippen LogP contribution in [0.15, 0.2) is 0 Å². The average Bonchev–Trinajstić information content (AvgIpc) is 2.84. The van der Waals surface area contributed by atoms with Crippen molar-refractivity contribution < 1.29 is 13.2 Å². The molecule has 2 rings (SSSR count). The molecule has 0 spiro atoms. The Balaban J connectivity index is 1.97. The number of sulfone groups is 1. The number of hydrogen-bond acceptors (Lipinski definition) is 4. The van der Waals surface area contributed by atoms with Gasteiger partial charge in [-0.25, -0.2) is 8.42 Å². The lowest BCUT2D eigenvalue weighted by molar-refractivity contribution is -0.130. The topological polar surface area (TPSA) is 54.5 Å². The van der Waals surface area contributed by atoms with Crippen LogP contribution in [0.2, 0.25) is 0 Å². The zero-order chi connectivity index (χ0) is 11.8. The second-order valence-corrected chi connectivity index (χ2v) is 8.05. The Morgan fingerprint density at radius 2 is 2.12 bits per heavy atom. The molecule has 0 aromatic carbocycles. The van der Waals surface area contributed by atoms with E-state index in [1.54, 1.807) is 23.7 Å². The summed E-state index contributed by atoms with van der Waals surface area (Å²) in [6.07, 6.45) is 2.63. The highest BCUT2D eigenvalue weighted by atomic mass is 32.2. The van der Waals surface area contributed by atoms with Crippen molar-refractivity contribution in [3.05, 3.63) is 0 Å². The zero-order valence-corrected chi connectivity index (χ0v) is 11.0. The molecule has 92 valence electrons. The minimum Gasteiger partial charge on any atom is -0.341 e. The largest absolute Gasteiger partial charge is 0.341 e. The maximum absolute atomic E-state index is 12.1. The zero-order valence-electron chi connectivity index (χ0n) is 9.39. The van der Waals surface area contributed by atoms with Gasteiger partial charge in [0.05, 0.1) is 16.8 Å². The Bertz CT molecular complexity index is 374. The van der Waals surface area contributed by atoms with Crippen LogP contribution in [0.4, 0.5) is 0 Å². The van der Waals surface area contributed by atoms with E-state index in [-0.39, 0.29) is 28.7 Å². The van der Waals surface area contributed by atoms with Gasteiger partial charge < -0.3 is 4.90 Å². The molecule has 2 heterocycles. The van der Waals surface area contributed by atoms with Crippen molar-refractivity contribution in [2.24, 2.45) is 0 Å². The van der Waals surface area contributed by atoms with Crippen molar-refractivity contribution >= 4 is 27.5 Å². The quantitative estimate of drug-likeness (QED) is 0.729. The monoisotopic (exact) mass is 263 g/mol. The van der Waals surface area contributed by atoms with Crippen LogP contribution >= 0.6 is 11.8 Å². The third kappa shape index (κ3) is 2.53. The minimum absolute atomic E-state index is 0.0632. The van der Waals surface area contributed by atoms with E-state index in [0.717, 1.165) is 18.6 Å². The predicted octanol–water partition coefficient (Wildman–Crippen LogP) is 0.528. The van der Waals surface area contributed by atoms with Crippen LogP contribution in [0.5, 0.6) is 0 Å². The van der Waals surface area contributed by atoms with Crippen LogP contribution in [0.1, 0.15) is 19.3 Å². The molecule has 0 aromatic rings. The Morgan fingerprint density at radius 1 is 1.38 bits per heavy atom. The summed E-state index contributed by atoms with van der Waals surface area (Å²) in [4.78, 5) is 13.7. The number of carbonyl (C=O) groups excluding carboxylic acids is 1. The fraction of sp³-hybridized carbons (Fsp3) is 0.900. The molecule has 0 radical (unpaired) electrons. The maximum atomic E-state index is 12.1. The number of hydrogen-bond donors (Lipinski definition) is 0. The van der Waals surface area contributed by atoms with Crippen LogP contribution in [-0.4, -0.2) is 54.8 Å². The van der Waals surface area contributed by atoms with Gasteiger partial charge in [-0.15, -0.1) is 11.8 Å². The highest BCUT2D eigenvalue weighted by Crippen LogP contribution is 2.29. The number of thioether (sulfide) groups is 1. The van der Waals surface area contributed by atoms with Gasteiger partial charge in [-0.05, 0) is 25.0 Å². The molecule has 1 amide bonds. The highest BCUT2D eigenvalue weighted by molar-refractivity contribution is 8.00. The van der Waals surface area contributed by atoms with Gasteiger partial charge in [0.15, 0.2) is 9.84 Å². The predicted molar refractivity (Wildman–Crippen MR) is 65.3 cm³/mol. The van der Waals surface area contributed by atoms with Gasteiger partial charge in [-0.3, -0.25) is 4.79 Å². The Labute approximate surface area is 101 Å². The van der Waals surface area contributed by atoms with E-state index in [9.17, 15) is 13.2 Å². The van der Waals surface area contributed by atoms with Gasteiger partial charge in [0.2, 0.25) is 5.91 Å². The second kappa shape index (κ2) is 4.56. The average molecular weight is 263 g/mol. The van der Waals surface area contributed by atoms with Crippen LogP contribution < -0.4 is 0 Å². The lowest BCUT2D eigenvalue weighted by Gasteiger charge is -2.25. The molecule has 2 fully saturated rings. The molecule has 0 bridgehead atoms. The van der Waals surface area contributed by atoms with E-state index in [1.807, 2.05) is 0 Å². The van der Waals surface area contributed by atoms with Crippen LogP contribution in [0.3, 0.4) is 0 Å². The van der Waals surface area contributed by atoms with Gasteiger partial charge in [-0.1, -0.05) is 0 Å². The van der Waals surface area contributed by atoms with Crippen molar-refractivity contribution in [3.63, 3.8) is 0 Å². The van der Waals surface area contributed by atoms with Crippen LogP contribution in [-0.2, 0) is 14.6 Å². The molecule has 4 nitrogen and oxygen atoms in total. The van der Waals surface area contributed by atoms with Crippen molar-refractivity contribution in [1.82, 2.24) is 4.90 Å². The first-order valence-electron chi connectivity index (χ1n) is 5.58. The molecular weight excluding hydrogens is 246 g/mol. The van der Waals surface area contributed by atoms with E-state index in [1.165, 1.54) is 0 Å². The van der Waals surface area contributed by atoms with E-state index >= 15 is 0 Å². The van der Waals surface area contributed by atoms with Crippen molar-refractivity contribution in [1.29, 1.82) is 0 Å². The number of amides is 1.